The molecule has 3 aliphatic rings. The number of hydrogen-bond acceptors (Lipinski definition) is 4. The highest BCUT2D eigenvalue weighted by atomic mass is 16.5. The Morgan fingerprint density at radius 1 is 1.19 bits per heavy atom. The number of rotatable bonds is 4. The largest absolute Gasteiger partial charge is 0.371 e. The number of benzene rings is 1. The zero-order valence-electron chi connectivity index (χ0n) is 12.2. The number of anilines is 1. The summed E-state index contributed by atoms with van der Waals surface area (Å²) in [4.78, 5) is 2.34. The lowest BCUT2D eigenvalue weighted by Crippen LogP contribution is -2.43. The second-order valence-electron chi connectivity index (χ2n) is 6.48. The van der Waals surface area contributed by atoms with Gasteiger partial charge in [0.05, 0.1) is 23.5 Å². The van der Waals surface area contributed by atoms with Crippen LogP contribution in [-0.4, -0.2) is 31.3 Å². The molecule has 1 N–H and O–H groups in total. The van der Waals surface area contributed by atoms with Crippen molar-refractivity contribution in [3.05, 3.63) is 29.3 Å². The van der Waals surface area contributed by atoms with E-state index in [1.165, 1.54) is 18.4 Å². The predicted molar refractivity (Wildman–Crippen MR) is 81.1 cm³/mol. The number of fused-ring (bicyclic) bond motifs is 2. The zero-order valence-corrected chi connectivity index (χ0v) is 12.2. The van der Waals surface area contributed by atoms with Gasteiger partial charge in [0.2, 0.25) is 0 Å². The molecule has 0 aromatic heterocycles. The minimum absolute atomic E-state index is 0.353. The van der Waals surface area contributed by atoms with Crippen molar-refractivity contribution in [1.82, 2.24) is 5.32 Å². The summed E-state index contributed by atoms with van der Waals surface area (Å²) in [5.41, 5.74) is 3.08. The lowest BCUT2D eigenvalue weighted by atomic mass is 10.1. The molecule has 3 fully saturated rings. The molecule has 110 valence electrons. The smallest absolute Gasteiger partial charge is 0.101 e. The van der Waals surface area contributed by atoms with E-state index in [9.17, 15) is 5.26 Å². The molecule has 2 heterocycles. The van der Waals surface area contributed by atoms with Crippen molar-refractivity contribution >= 4 is 5.69 Å². The van der Waals surface area contributed by atoms with Gasteiger partial charge in [0.15, 0.2) is 0 Å². The summed E-state index contributed by atoms with van der Waals surface area (Å²) in [6.45, 7) is 2.71. The summed E-state index contributed by atoms with van der Waals surface area (Å²) < 4.78 is 5.88. The summed E-state index contributed by atoms with van der Waals surface area (Å²) in [5.74, 6) is 0. The first-order valence-electron chi connectivity index (χ1n) is 7.98. The maximum atomic E-state index is 9.48. The molecule has 1 aliphatic carbocycles. The van der Waals surface area contributed by atoms with Crippen LogP contribution in [-0.2, 0) is 11.3 Å². The van der Waals surface area contributed by atoms with Crippen LogP contribution in [0.25, 0.3) is 0 Å². The van der Waals surface area contributed by atoms with E-state index in [-0.39, 0.29) is 0 Å². The number of nitrogens with one attached hydrogen (secondary N) is 1. The van der Waals surface area contributed by atoms with Crippen molar-refractivity contribution in [2.24, 2.45) is 0 Å². The van der Waals surface area contributed by atoms with E-state index >= 15 is 0 Å². The van der Waals surface area contributed by atoms with E-state index in [0.717, 1.165) is 43.7 Å². The second kappa shape index (κ2) is 5.32. The van der Waals surface area contributed by atoms with Gasteiger partial charge in [-0.25, -0.2) is 0 Å². The van der Waals surface area contributed by atoms with E-state index in [1.54, 1.807) is 0 Å². The molecule has 1 saturated carbocycles. The van der Waals surface area contributed by atoms with Gasteiger partial charge in [-0.3, -0.25) is 0 Å². The Kier molecular flexibility index (Phi) is 3.33. The Hall–Kier alpha value is -1.57. The molecule has 2 bridgehead atoms. The van der Waals surface area contributed by atoms with Gasteiger partial charge in [0.1, 0.15) is 6.07 Å². The fourth-order valence-electron chi connectivity index (χ4n) is 3.42. The van der Waals surface area contributed by atoms with E-state index in [2.05, 4.69) is 28.4 Å². The molecular formula is C17H21N3O. The average Bonchev–Trinajstić information content (AvgIpc) is 3.29. The molecule has 4 heteroatoms. The summed E-state index contributed by atoms with van der Waals surface area (Å²) in [6, 6.07) is 9.39. The Bertz CT molecular complexity index is 564. The van der Waals surface area contributed by atoms with Gasteiger partial charge in [-0.15, -0.1) is 0 Å². The third-order valence-corrected chi connectivity index (χ3v) is 4.74. The maximum Gasteiger partial charge on any atom is 0.101 e. The molecular weight excluding hydrogens is 262 g/mol. The average molecular weight is 283 g/mol. The number of morpholine rings is 1. The molecule has 0 amide bonds. The van der Waals surface area contributed by atoms with Crippen LogP contribution in [0, 0.1) is 11.3 Å². The fraction of sp³-hybridized carbons (Fsp3) is 0.588. The van der Waals surface area contributed by atoms with Gasteiger partial charge < -0.3 is 15.0 Å². The molecule has 2 unspecified atom stereocenters. The van der Waals surface area contributed by atoms with Gasteiger partial charge in [-0.2, -0.15) is 5.26 Å². The fourth-order valence-corrected chi connectivity index (χ4v) is 3.42. The van der Waals surface area contributed by atoms with Gasteiger partial charge in [-0.05, 0) is 43.4 Å². The van der Waals surface area contributed by atoms with Crippen molar-refractivity contribution in [3.63, 3.8) is 0 Å². The topological polar surface area (TPSA) is 48.3 Å². The molecule has 0 spiro atoms. The molecule has 1 aromatic carbocycles. The highest BCUT2D eigenvalue weighted by Crippen LogP contribution is 2.31. The standard InChI is InChI=1S/C17H21N3O/c18-8-13-7-12(9-19-14-2-3-14)1-6-17(13)20-10-15-4-5-16(11-20)21-15/h1,6-7,14-16,19H,2-5,9-11H2. The van der Waals surface area contributed by atoms with Crippen LogP contribution in [0.15, 0.2) is 18.2 Å². The number of hydrogen-bond donors (Lipinski definition) is 1. The maximum absolute atomic E-state index is 9.48. The summed E-state index contributed by atoms with van der Waals surface area (Å²) >= 11 is 0. The van der Waals surface area contributed by atoms with Crippen molar-refractivity contribution < 1.29 is 4.74 Å². The Morgan fingerprint density at radius 2 is 1.95 bits per heavy atom. The lowest BCUT2D eigenvalue weighted by Gasteiger charge is -2.34. The van der Waals surface area contributed by atoms with Crippen LogP contribution in [0.3, 0.4) is 0 Å². The van der Waals surface area contributed by atoms with Gasteiger partial charge in [0, 0.05) is 25.7 Å². The van der Waals surface area contributed by atoms with Gasteiger partial charge in [0.25, 0.3) is 0 Å². The summed E-state index contributed by atoms with van der Waals surface area (Å²) in [6.07, 6.45) is 5.61. The second-order valence-corrected chi connectivity index (χ2v) is 6.48. The summed E-state index contributed by atoms with van der Waals surface area (Å²) in [5, 5.41) is 13.0. The third kappa shape index (κ3) is 2.76. The van der Waals surface area contributed by atoms with Crippen LogP contribution >= 0.6 is 0 Å². The molecule has 1 aromatic rings. The number of nitriles is 1. The normalized spacial score (nSPS) is 27.7. The molecule has 4 nitrogen and oxygen atoms in total. The molecule has 2 saturated heterocycles. The minimum Gasteiger partial charge on any atom is -0.371 e. The minimum atomic E-state index is 0.353. The first-order chi connectivity index (χ1) is 10.3. The van der Waals surface area contributed by atoms with Crippen molar-refractivity contribution in [2.45, 2.75) is 50.5 Å². The Morgan fingerprint density at radius 3 is 2.62 bits per heavy atom. The van der Waals surface area contributed by atoms with E-state index in [0.29, 0.717) is 18.2 Å². The van der Waals surface area contributed by atoms with E-state index in [4.69, 9.17) is 4.74 Å². The Balaban J connectivity index is 1.52. The number of ether oxygens (including phenoxy) is 1. The first kappa shape index (κ1) is 13.1. The van der Waals surface area contributed by atoms with E-state index < -0.39 is 0 Å². The monoisotopic (exact) mass is 283 g/mol. The molecule has 2 atom stereocenters. The van der Waals surface area contributed by atoms with Crippen LogP contribution in [0.2, 0.25) is 0 Å². The highest BCUT2D eigenvalue weighted by molar-refractivity contribution is 5.61. The third-order valence-electron chi connectivity index (χ3n) is 4.74. The highest BCUT2D eigenvalue weighted by Gasteiger charge is 2.34. The van der Waals surface area contributed by atoms with Crippen molar-refractivity contribution in [2.75, 3.05) is 18.0 Å². The van der Waals surface area contributed by atoms with Crippen LogP contribution in [0.5, 0.6) is 0 Å². The first-order valence-corrected chi connectivity index (χ1v) is 7.98. The quantitative estimate of drug-likeness (QED) is 0.920. The van der Waals surface area contributed by atoms with Crippen molar-refractivity contribution in [1.29, 1.82) is 5.26 Å². The molecule has 0 radical (unpaired) electrons. The van der Waals surface area contributed by atoms with Crippen molar-refractivity contribution in [3.8, 4) is 6.07 Å². The molecule has 4 rings (SSSR count). The van der Waals surface area contributed by atoms with Crippen LogP contribution < -0.4 is 10.2 Å². The van der Waals surface area contributed by atoms with Gasteiger partial charge >= 0.3 is 0 Å². The van der Waals surface area contributed by atoms with Gasteiger partial charge in [-0.1, -0.05) is 6.07 Å². The molecule has 21 heavy (non-hydrogen) atoms. The summed E-state index contributed by atoms with van der Waals surface area (Å²) in [7, 11) is 0. The zero-order chi connectivity index (χ0) is 14.2. The Labute approximate surface area is 125 Å². The van der Waals surface area contributed by atoms with E-state index in [1.807, 2.05) is 6.07 Å². The predicted octanol–water partition coefficient (Wildman–Crippen LogP) is 2.18. The SMILES string of the molecule is N#Cc1cc(CNC2CC2)ccc1N1CC2CCC(C1)O2. The van der Waals surface area contributed by atoms with Crippen LogP contribution in [0.1, 0.15) is 36.8 Å². The lowest BCUT2D eigenvalue weighted by molar-refractivity contribution is 0.0305. The molecule has 2 aliphatic heterocycles. The van der Waals surface area contributed by atoms with Crippen LogP contribution in [0.4, 0.5) is 5.69 Å². The number of nitrogens with zero attached hydrogens (tertiary/aromatic N) is 2.